The van der Waals surface area contributed by atoms with Gasteiger partial charge in [0.25, 0.3) is 0 Å². The zero-order valence-corrected chi connectivity index (χ0v) is 12.3. The highest BCUT2D eigenvalue weighted by Gasteiger charge is 2.23. The molecule has 0 saturated heterocycles. The van der Waals surface area contributed by atoms with Gasteiger partial charge in [-0.25, -0.2) is 0 Å². The Bertz CT molecular complexity index is 277. The van der Waals surface area contributed by atoms with Gasteiger partial charge in [-0.1, -0.05) is 27.7 Å². The smallest absolute Gasteiger partial charge is 0.242 e. The summed E-state index contributed by atoms with van der Waals surface area (Å²) in [6.07, 6.45) is 0. The monoisotopic (exact) mass is 257 g/mol. The molecule has 5 heteroatoms. The molecule has 0 heterocycles. The molecule has 0 aromatic carbocycles. The predicted molar refractivity (Wildman–Crippen MR) is 73.1 cm³/mol. The first-order valence-corrected chi connectivity index (χ1v) is 6.54. The number of rotatable bonds is 7. The second kappa shape index (κ2) is 8.08. The molecule has 0 bridgehead atoms. The number of hydrogen-bond acceptors (Lipinski definition) is 3. The van der Waals surface area contributed by atoms with E-state index in [4.69, 9.17) is 0 Å². The van der Waals surface area contributed by atoms with Crippen molar-refractivity contribution in [3.63, 3.8) is 0 Å². The van der Waals surface area contributed by atoms with Crippen molar-refractivity contribution in [3.05, 3.63) is 0 Å². The molecule has 0 aliphatic heterocycles. The lowest BCUT2D eigenvalue weighted by Gasteiger charge is -2.22. The van der Waals surface area contributed by atoms with Gasteiger partial charge in [-0.2, -0.15) is 0 Å². The fraction of sp³-hybridized carbons (Fsp3) is 0.846. The first kappa shape index (κ1) is 16.9. The van der Waals surface area contributed by atoms with Gasteiger partial charge < -0.3 is 16.0 Å². The summed E-state index contributed by atoms with van der Waals surface area (Å²) in [4.78, 5) is 23.6. The molecule has 0 aromatic heterocycles. The molecule has 0 aromatic rings. The molecule has 3 N–H and O–H groups in total. The van der Waals surface area contributed by atoms with E-state index >= 15 is 0 Å². The van der Waals surface area contributed by atoms with Crippen LogP contribution in [0.2, 0.25) is 0 Å². The minimum absolute atomic E-state index is 0.139. The summed E-state index contributed by atoms with van der Waals surface area (Å²) in [5, 5.41) is 8.47. The molecule has 0 unspecified atom stereocenters. The van der Waals surface area contributed by atoms with Crippen LogP contribution in [0.15, 0.2) is 0 Å². The van der Waals surface area contributed by atoms with E-state index in [0.717, 1.165) is 0 Å². The molecular formula is C13H27N3O2. The SMILES string of the molecule is CN[C@H](C(=O)N[C@@H](C)C(=O)NCC(C)C)C(C)C. The summed E-state index contributed by atoms with van der Waals surface area (Å²) in [6, 6.07) is -0.781. The van der Waals surface area contributed by atoms with E-state index in [1.807, 2.05) is 27.7 Å². The zero-order valence-electron chi connectivity index (χ0n) is 12.3. The highest BCUT2D eigenvalue weighted by Crippen LogP contribution is 2.01. The second-order valence-electron chi connectivity index (χ2n) is 5.38. The fourth-order valence-electron chi connectivity index (χ4n) is 1.59. The van der Waals surface area contributed by atoms with Crippen LogP contribution in [0, 0.1) is 11.8 Å². The molecule has 0 radical (unpaired) electrons. The van der Waals surface area contributed by atoms with Crippen LogP contribution in [0.1, 0.15) is 34.6 Å². The largest absolute Gasteiger partial charge is 0.354 e. The van der Waals surface area contributed by atoms with Crippen molar-refractivity contribution in [1.29, 1.82) is 0 Å². The molecular weight excluding hydrogens is 230 g/mol. The summed E-state index contributed by atoms with van der Waals surface area (Å²) in [7, 11) is 1.74. The third-order valence-electron chi connectivity index (χ3n) is 2.70. The van der Waals surface area contributed by atoms with Gasteiger partial charge in [-0.15, -0.1) is 0 Å². The van der Waals surface area contributed by atoms with Crippen molar-refractivity contribution < 1.29 is 9.59 Å². The van der Waals surface area contributed by atoms with Crippen molar-refractivity contribution in [2.24, 2.45) is 11.8 Å². The Morgan fingerprint density at radius 2 is 1.56 bits per heavy atom. The van der Waals surface area contributed by atoms with Gasteiger partial charge >= 0.3 is 0 Å². The fourth-order valence-corrected chi connectivity index (χ4v) is 1.59. The molecule has 2 amide bonds. The van der Waals surface area contributed by atoms with Crippen LogP contribution >= 0.6 is 0 Å². The van der Waals surface area contributed by atoms with Crippen LogP contribution in [-0.2, 0) is 9.59 Å². The van der Waals surface area contributed by atoms with Crippen LogP contribution in [0.25, 0.3) is 0 Å². The predicted octanol–water partition coefficient (Wildman–Crippen LogP) is 0.507. The van der Waals surface area contributed by atoms with Gasteiger partial charge in [0.15, 0.2) is 0 Å². The lowest BCUT2D eigenvalue weighted by Crippen LogP contribution is -2.52. The summed E-state index contributed by atoms with van der Waals surface area (Å²) < 4.78 is 0. The molecule has 0 aliphatic carbocycles. The molecule has 5 nitrogen and oxygen atoms in total. The van der Waals surface area contributed by atoms with Crippen molar-refractivity contribution in [2.75, 3.05) is 13.6 Å². The third kappa shape index (κ3) is 6.00. The summed E-state index contributed by atoms with van der Waals surface area (Å²) in [5.74, 6) is 0.300. The van der Waals surface area contributed by atoms with Gasteiger partial charge in [0.1, 0.15) is 6.04 Å². The van der Waals surface area contributed by atoms with Crippen LogP contribution < -0.4 is 16.0 Å². The van der Waals surface area contributed by atoms with Crippen LogP contribution in [-0.4, -0.2) is 37.5 Å². The van der Waals surface area contributed by atoms with E-state index in [2.05, 4.69) is 16.0 Å². The lowest BCUT2D eigenvalue weighted by atomic mass is 10.0. The van der Waals surface area contributed by atoms with Gasteiger partial charge in [0.05, 0.1) is 6.04 Å². The first-order valence-electron chi connectivity index (χ1n) is 6.54. The van der Waals surface area contributed by atoms with Crippen molar-refractivity contribution >= 4 is 11.8 Å². The zero-order chi connectivity index (χ0) is 14.3. The molecule has 0 fully saturated rings. The Hall–Kier alpha value is -1.10. The summed E-state index contributed by atoms with van der Waals surface area (Å²) >= 11 is 0. The number of nitrogens with one attached hydrogen (secondary N) is 3. The van der Waals surface area contributed by atoms with Crippen molar-refractivity contribution in [3.8, 4) is 0 Å². The van der Waals surface area contributed by atoms with Gasteiger partial charge in [-0.3, -0.25) is 9.59 Å². The number of likely N-dealkylation sites (N-methyl/N-ethyl adjacent to an activating group) is 1. The number of carbonyl (C=O) groups excluding carboxylic acids is 2. The normalized spacial score (nSPS) is 14.4. The molecule has 0 spiro atoms. The average Bonchev–Trinajstić information content (AvgIpc) is 2.25. The number of carbonyl (C=O) groups is 2. The Balaban J connectivity index is 4.25. The summed E-state index contributed by atoms with van der Waals surface area (Å²) in [6.45, 7) is 10.3. The molecule has 2 atom stereocenters. The Labute approximate surface area is 110 Å². The van der Waals surface area contributed by atoms with Crippen LogP contribution in [0.3, 0.4) is 0 Å². The Morgan fingerprint density at radius 1 is 1.00 bits per heavy atom. The molecule has 106 valence electrons. The Morgan fingerprint density at radius 3 is 1.94 bits per heavy atom. The molecule has 0 rings (SSSR count). The van der Waals surface area contributed by atoms with Gasteiger partial charge in [0.2, 0.25) is 11.8 Å². The van der Waals surface area contributed by atoms with E-state index in [1.54, 1.807) is 14.0 Å². The van der Waals surface area contributed by atoms with Gasteiger partial charge in [0, 0.05) is 6.54 Å². The lowest BCUT2D eigenvalue weighted by molar-refractivity contribution is -0.130. The standard InChI is InChI=1S/C13H27N3O2/c1-8(2)7-15-12(17)10(5)16-13(18)11(14-6)9(3)4/h8-11,14H,7H2,1-6H3,(H,15,17)(H,16,18)/t10-,11-/m0/s1. The molecule has 0 aliphatic rings. The van der Waals surface area contributed by atoms with E-state index in [9.17, 15) is 9.59 Å². The van der Waals surface area contributed by atoms with Gasteiger partial charge in [-0.05, 0) is 25.8 Å². The third-order valence-corrected chi connectivity index (χ3v) is 2.70. The van der Waals surface area contributed by atoms with E-state index in [-0.39, 0.29) is 23.8 Å². The highest BCUT2D eigenvalue weighted by molar-refractivity contribution is 5.89. The maximum Gasteiger partial charge on any atom is 0.242 e. The minimum atomic E-state index is -0.508. The average molecular weight is 257 g/mol. The number of amides is 2. The first-order chi connectivity index (χ1) is 8.29. The molecule has 18 heavy (non-hydrogen) atoms. The van der Waals surface area contributed by atoms with Crippen molar-refractivity contribution in [2.45, 2.75) is 46.7 Å². The van der Waals surface area contributed by atoms with E-state index in [0.29, 0.717) is 12.5 Å². The minimum Gasteiger partial charge on any atom is -0.354 e. The Kier molecular flexibility index (Phi) is 7.59. The topological polar surface area (TPSA) is 70.2 Å². The molecule has 0 saturated carbocycles. The van der Waals surface area contributed by atoms with Crippen molar-refractivity contribution in [1.82, 2.24) is 16.0 Å². The van der Waals surface area contributed by atoms with Crippen LogP contribution in [0.4, 0.5) is 0 Å². The maximum absolute atomic E-state index is 11.9. The van der Waals surface area contributed by atoms with E-state index in [1.165, 1.54) is 0 Å². The number of hydrogen-bond donors (Lipinski definition) is 3. The maximum atomic E-state index is 11.9. The van der Waals surface area contributed by atoms with Crippen LogP contribution in [0.5, 0.6) is 0 Å². The second-order valence-corrected chi connectivity index (χ2v) is 5.38. The quantitative estimate of drug-likeness (QED) is 0.622. The highest BCUT2D eigenvalue weighted by atomic mass is 16.2. The summed E-state index contributed by atoms with van der Waals surface area (Å²) in [5.41, 5.74) is 0. The van der Waals surface area contributed by atoms with E-state index < -0.39 is 6.04 Å².